The molecule has 1 aromatic rings. The standard InChI is InChI=1S/C6H6BN.Li.H/c7-8-6-4-2-1-3-5-6;;/h1-5,8H;;/q;+1;-1. The predicted molar refractivity (Wildman–Crippen MR) is 36.9 cm³/mol. The van der Waals surface area contributed by atoms with Crippen molar-refractivity contribution in [2.45, 2.75) is 0 Å². The fraction of sp³-hybridized carbons (Fsp3) is 0. The van der Waals surface area contributed by atoms with Gasteiger partial charge in [-0.1, -0.05) is 18.2 Å². The molecule has 0 aliphatic carbocycles. The Morgan fingerprint density at radius 2 is 1.78 bits per heavy atom. The van der Waals surface area contributed by atoms with Gasteiger partial charge in [0.1, 0.15) is 0 Å². The Morgan fingerprint density at radius 3 is 2.11 bits per heavy atom. The number of rotatable bonds is 1. The van der Waals surface area contributed by atoms with E-state index in [1.807, 2.05) is 30.3 Å². The minimum atomic E-state index is 0. The SMILES string of the molecule is [B]Nc1ccccc1.[H-].[Li+]. The van der Waals surface area contributed by atoms with Crippen LogP contribution in [0.25, 0.3) is 0 Å². The Kier molecular flexibility index (Phi) is 4.39. The zero-order chi connectivity index (χ0) is 5.82. The normalized spacial score (nSPS) is 7.56. The summed E-state index contributed by atoms with van der Waals surface area (Å²) in [6.45, 7) is 0. The zero-order valence-corrected chi connectivity index (χ0v) is 5.46. The van der Waals surface area contributed by atoms with E-state index in [1.165, 1.54) is 0 Å². The number of para-hydroxylation sites is 1. The van der Waals surface area contributed by atoms with Gasteiger partial charge in [0.05, 0.1) is 0 Å². The van der Waals surface area contributed by atoms with E-state index in [1.54, 1.807) is 0 Å². The van der Waals surface area contributed by atoms with Crippen LogP contribution in [0.3, 0.4) is 0 Å². The molecule has 0 aliphatic heterocycles. The molecule has 0 bridgehead atoms. The molecule has 1 aromatic carbocycles. The third-order valence-corrected chi connectivity index (χ3v) is 0.940. The molecule has 0 aliphatic rings. The maximum Gasteiger partial charge on any atom is 1.00 e. The quantitative estimate of drug-likeness (QED) is 0.426. The van der Waals surface area contributed by atoms with Crippen molar-refractivity contribution in [3.8, 4) is 0 Å². The maximum atomic E-state index is 5.10. The fourth-order valence-corrected chi connectivity index (χ4v) is 0.534. The van der Waals surface area contributed by atoms with E-state index in [9.17, 15) is 0 Å². The second kappa shape index (κ2) is 4.55. The first kappa shape index (κ1) is 8.68. The molecule has 1 nitrogen and oxygen atoms in total. The van der Waals surface area contributed by atoms with Gasteiger partial charge in [-0.25, -0.2) is 0 Å². The Hall–Kier alpha value is -0.318. The van der Waals surface area contributed by atoms with Gasteiger partial charge in [-0.2, -0.15) is 0 Å². The molecule has 0 fully saturated rings. The van der Waals surface area contributed by atoms with Crippen molar-refractivity contribution in [1.82, 2.24) is 0 Å². The summed E-state index contributed by atoms with van der Waals surface area (Å²) in [4.78, 5) is 0. The molecule has 0 atom stereocenters. The number of hydrogen-bond acceptors (Lipinski definition) is 1. The Balaban J connectivity index is 0. The second-order valence-electron chi connectivity index (χ2n) is 1.51. The summed E-state index contributed by atoms with van der Waals surface area (Å²) in [5.41, 5.74) is 0.938. The molecule has 0 spiro atoms. The van der Waals surface area contributed by atoms with Crippen molar-refractivity contribution in [2.24, 2.45) is 0 Å². The van der Waals surface area contributed by atoms with E-state index >= 15 is 0 Å². The molecule has 0 saturated carbocycles. The summed E-state index contributed by atoms with van der Waals surface area (Å²) >= 11 is 0. The minimum absolute atomic E-state index is 0. The fourth-order valence-electron chi connectivity index (χ4n) is 0.534. The Morgan fingerprint density at radius 1 is 1.22 bits per heavy atom. The topological polar surface area (TPSA) is 12.0 Å². The van der Waals surface area contributed by atoms with E-state index in [4.69, 9.17) is 7.98 Å². The van der Waals surface area contributed by atoms with Gasteiger partial charge >= 0.3 is 18.9 Å². The first-order chi connectivity index (χ1) is 3.93. The van der Waals surface area contributed by atoms with Crippen LogP contribution in [0.4, 0.5) is 5.69 Å². The van der Waals surface area contributed by atoms with Gasteiger partial charge in [-0.15, -0.1) is 0 Å². The van der Waals surface area contributed by atoms with Crippen LogP contribution >= 0.6 is 0 Å². The molecule has 0 heterocycles. The number of nitrogens with one attached hydrogen (secondary N) is 1. The van der Waals surface area contributed by atoms with E-state index in [2.05, 4.69) is 5.23 Å². The molecule has 0 amide bonds. The maximum absolute atomic E-state index is 5.10. The van der Waals surface area contributed by atoms with Crippen LogP contribution < -0.4 is 24.1 Å². The smallest absolute Gasteiger partial charge is 1.00 e. The zero-order valence-electron chi connectivity index (χ0n) is 6.46. The van der Waals surface area contributed by atoms with Crippen molar-refractivity contribution >= 4 is 13.7 Å². The first-order valence-corrected chi connectivity index (χ1v) is 2.45. The Labute approximate surface area is 69.9 Å². The summed E-state index contributed by atoms with van der Waals surface area (Å²) in [6.07, 6.45) is 0. The molecule has 40 valence electrons. The number of anilines is 1. The van der Waals surface area contributed by atoms with E-state index < -0.39 is 0 Å². The van der Waals surface area contributed by atoms with Crippen LogP contribution in [-0.2, 0) is 0 Å². The molecule has 1 rings (SSSR count). The van der Waals surface area contributed by atoms with Crippen LogP contribution in [-0.4, -0.2) is 7.98 Å². The predicted octanol–water partition coefficient (Wildman–Crippen LogP) is -1.70. The van der Waals surface area contributed by atoms with Crippen molar-refractivity contribution in [2.75, 3.05) is 5.23 Å². The third kappa shape index (κ3) is 2.65. The minimum Gasteiger partial charge on any atom is -1.00 e. The van der Waals surface area contributed by atoms with Gasteiger partial charge in [0, 0.05) is 5.69 Å². The van der Waals surface area contributed by atoms with E-state index in [-0.39, 0.29) is 20.3 Å². The molecule has 1 N–H and O–H groups in total. The van der Waals surface area contributed by atoms with Crippen LogP contribution in [0.1, 0.15) is 1.43 Å². The summed E-state index contributed by atoms with van der Waals surface area (Å²) in [5.74, 6) is 0. The van der Waals surface area contributed by atoms with Gasteiger partial charge in [0.25, 0.3) is 0 Å². The summed E-state index contributed by atoms with van der Waals surface area (Å²) < 4.78 is 0. The van der Waals surface area contributed by atoms with Crippen molar-refractivity contribution in [1.29, 1.82) is 0 Å². The average molecular weight is 111 g/mol. The summed E-state index contributed by atoms with van der Waals surface area (Å²) in [5, 5.41) is 2.53. The summed E-state index contributed by atoms with van der Waals surface area (Å²) in [7, 11) is 5.10. The van der Waals surface area contributed by atoms with Crippen LogP contribution in [0.15, 0.2) is 30.3 Å². The molecule has 0 aromatic heterocycles. The van der Waals surface area contributed by atoms with Crippen LogP contribution in [0.2, 0.25) is 0 Å². The summed E-state index contributed by atoms with van der Waals surface area (Å²) in [6, 6.07) is 9.60. The number of benzene rings is 1. The van der Waals surface area contributed by atoms with Crippen molar-refractivity contribution < 1.29 is 20.3 Å². The molecule has 2 radical (unpaired) electrons. The van der Waals surface area contributed by atoms with Gasteiger partial charge in [0.2, 0.25) is 7.98 Å². The average Bonchev–Trinajstić information content (AvgIpc) is 1.90. The molecule has 0 saturated heterocycles. The molecular formula is C6H7BLiN. The molecule has 9 heavy (non-hydrogen) atoms. The number of hydrogen-bond donors (Lipinski definition) is 1. The van der Waals surface area contributed by atoms with Crippen molar-refractivity contribution in [3.05, 3.63) is 30.3 Å². The van der Waals surface area contributed by atoms with Crippen molar-refractivity contribution in [3.63, 3.8) is 0 Å². The molecule has 0 unspecified atom stereocenters. The molecule has 3 heteroatoms. The van der Waals surface area contributed by atoms with Gasteiger partial charge in [0.15, 0.2) is 0 Å². The van der Waals surface area contributed by atoms with E-state index in [0.717, 1.165) is 5.69 Å². The first-order valence-electron chi connectivity index (χ1n) is 2.45. The van der Waals surface area contributed by atoms with Gasteiger partial charge in [-0.05, 0) is 12.1 Å². The molecular weight excluding hydrogens is 104 g/mol. The Bertz CT molecular complexity index is 159. The second-order valence-corrected chi connectivity index (χ2v) is 1.51. The van der Waals surface area contributed by atoms with Gasteiger partial charge < -0.3 is 6.65 Å². The largest absolute Gasteiger partial charge is 1.00 e. The monoisotopic (exact) mass is 111 g/mol. The van der Waals surface area contributed by atoms with Crippen LogP contribution in [0, 0.1) is 0 Å². The third-order valence-electron chi connectivity index (χ3n) is 0.940. The van der Waals surface area contributed by atoms with Crippen LogP contribution in [0.5, 0.6) is 0 Å². The van der Waals surface area contributed by atoms with Gasteiger partial charge in [-0.3, -0.25) is 0 Å². The van der Waals surface area contributed by atoms with E-state index in [0.29, 0.717) is 0 Å².